The van der Waals surface area contributed by atoms with Gasteiger partial charge >= 0.3 is 0 Å². The minimum Gasteiger partial charge on any atom is -0.256 e. The molecule has 0 saturated heterocycles. The van der Waals surface area contributed by atoms with Crippen LogP contribution in [0.2, 0.25) is 0 Å². The number of aryl methyl sites for hydroxylation is 6. The van der Waals surface area contributed by atoms with E-state index in [1.807, 2.05) is 45.9 Å². The normalized spacial score (nSPS) is 10.7. The first-order chi connectivity index (χ1) is 26.4. The maximum Gasteiger partial charge on any atom is 0.168 e. The highest BCUT2D eigenvalue weighted by atomic mass is 19.2. The maximum atomic E-state index is 14.1. The summed E-state index contributed by atoms with van der Waals surface area (Å²) in [4.78, 5) is 12.4. The van der Waals surface area contributed by atoms with E-state index in [4.69, 9.17) is 0 Å². The van der Waals surface area contributed by atoms with Crippen molar-refractivity contribution in [2.75, 3.05) is 0 Å². The molecule has 0 fully saturated rings. The molecule has 0 aliphatic heterocycles. The third-order valence-electron chi connectivity index (χ3n) is 9.00. The molecule has 0 aliphatic carbocycles. The van der Waals surface area contributed by atoms with Crippen molar-refractivity contribution in [3.05, 3.63) is 160 Å². The van der Waals surface area contributed by atoms with Gasteiger partial charge in [0.2, 0.25) is 0 Å². The Balaban J connectivity index is 0.000000184. The van der Waals surface area contributed by atoms with Crippen LogP contribution in [0, 0.1) is 55.7 Å². The molecule has 0 unspecified atom stereocenters. The summed E-state index contributed by atoms with van der Waals surface area (Å²) in [5.41, 5.74) is 6.25. The van der Waals surface area contributed by atoms with Crippen LogP contribution < -0.4 is 0 Å². The summed E-state index contributed by atoms with van der Waals surface area (Å²) >= 11 is 0. The van der Waals surface area contributed by atoms with Gasteiger partial charge in [-0.2, -0.15) is 0 Å². The van der Waals surface area contributed by atoms with Crippen molar-refractivity contribution in [3.63, 3.8) is 0 Å². The molecule has 0 amide bonds. The molecule has 0 saturated carbocycles. The predicted octanol–water partition coefficient (Wildman–Crippen LogP) is 13.3. The van der Waals surface area contributed by atoms with E-state index < -0.39 is 34.9 Å². The van der Waals surface area contributed by atoms with Crippen LogP contribution in [0.15, 0.2) is 91.4 Å². The van der Waals surface area contributed by atoms with Crippen LogP contribution in [0.5, 0.6) is 0 Å². The van der Waals surface area contributed by atoms with Crippen molar-refractivity contribution in [1.29, 1.82) is 0 Å². The van der Waals surface area contributed by atoms with Crippen LogP contribution in [0.4, 0.5) is 26.3 Å². The summed E-state index contributed by atoms with van der Waals surface area (Å²) < 4.78 is 83.4. The molecule has 55 heavy (non-hydrogen) atoms. The molecule has 6 rings (SSSR count). The molecular formula is C46H47F6N3. The number of pyridine rings is 3. The Morgan fingerprint density at radius 2 is 0.745 bits per heavy atom. The lowest BCUT2D eigenvalue weighted by Gasteiger charge is -2.08. The van der Waals surface area contributed by atoms with E-state index in [1.54, 1.807) is 80.1 Å². The number of nitrogens with zero attached hydrogens (tertiary/aromatic N) is 3. The minimum atomic E-state index is -0.819. The number of hydrogen-bond acceptors (Lipinski definition) is 3. The van der Waals surface area contributed by atoms with Crippen LogP contribution in [0.25, 0.3) is 33.8 Å². The lowest BCUT2D eigenvalue weighted by molar-refractivity contribution is 0.498. The van der Waals surface area contributed by atoms with E-state index in [0.29, 0.717) is 53.0 Å². The fraction of sp³-hybridized carbons (Fsp3) is 0.283. The van der Waals surface area contributed by atoms with E-state index in [0.717, 1.165) is 42.4 Å². The standard InChI is InChI=1S/C17H19F2N.C15H15F2N.C14H13F2N/c1-3-4-5-6-13-8-9-14(17(19)16(13)18)15-10-7-12(2)11-20-15;1-3-4-11-6-7-12(15(17)14(11)16)13-8-5-10(2)9-18-13;1-3-10-5-6-11(14(16)13(10)15)12-7-4-9(2)8-17-12/h7-11H,3-6H2,1-2H3;5-9H,3-4H2,1-2H3;4-8H,3H2,1-2H3. The molecule has 0 aliphatic rings. The molecule has 9 heteroatoms. The van der Waals surface area contributed by atoms with Gasteiger partial charge in [-0.25, -0.2) is 26.3 Å². The Hall–Kier alpha value is -5.31. The monoisotopic (exact) mass is 755 g/mol. The smallest absolute Gasteiger partial charge is 0.168 e. The molecule has 6 aromatic rings. The number of aromatic nitrogens is 3. The topological polar surface area (TPSA) is 38.7 Å². The summed E-state index contributed by atoms with van der Waals surface area (Å²) in [6.45, 7) is 11.5. The van der Waals surface area contributed by atoms with Crippen molar-refractivity contribution >= 4 is 0 Å². The van der Waals surface area contributed by atoms with Crippen LogP contribution >= 0.6 is 0 Å². The molecule has 0 radical (unpaired) electrons. The average molecular weight is 756 g/mol. The quantitative estimate of drug-likeness (QED) is 0.103. The second-order valence-corrected chi connectivity index (χ2v) is 13.4. The van der Waals surface area contributed by atoms with E-state index in [9.17, 15) is 26.3 Å². The summed E-state index contributed by atoms with van der Waals surface area (Å²) in [7, 11) is 0. The molecular weight excluding hydrogens is 709 g/mol. The van der Waals surface area contributed by atoms with Crippen molar-refractivity contribution in [3.8, 4) is 33.8 Å². The lowest BCUT2D eigenvalue weighted by atomic mass is 10.0. The number of halogens is 6. The Bertz CT molecular complexity index is 2150. The first kappa shape index (κ1) is 42.4. The van der Waals surface area contributed by atoms with Gasteiger partial charge in [0.15, 0.2) is 34.9 Å². The molecule has 0 atom stereocenters. The van der Waals surface area contributed by atoms with E-state index in [1.165, 1.54) is 0 Å². The second-order valence-electron chi connectivity index (χ2n) is 13.4. The molecule has 3 aromatic carbocycles. The molecule has 3 heterocycles. The van der Waals surface area contributed by atoms with Gasteiger partial charge in [-0.15, -0.1) is 0 Å². The molecule has 0 bridgehead atoms. The number of hydrogen-bond donors (Lipinski definition) is 0. The zero-order chi connectivity index (χ0) is 40.1. The van der Waals surface area contributed by atoms with Gasteiger partial charge in [0, 0.05) is 35.3 Å². The molecule has 288 valence electrons. The van der Waals surface area contributed by atoms with Crippen molar-refractivity contribution in [2.24, 2.45) is 0 Å². The van der Waals surface area contributed by atoms with Crippen molar-refractivity contribution in [2.45, 2.75) is 86.5 Å². The van der Waals surface area contributed by atoms with Crippen molar-refractivity contribution in [1.82, 2.24) is 15.0 Å². The fourth-order valence-electron chi connectivity index (χ4n) is 5.74. The Morgan fingerprint density at radius 1 is 0.382 bits per heavy atom. The van der Waals surface area contributed by atoms with Gasteiger partial charge in [0.25, 0.3) is 0 Å². The van der Waals surface area contributed by atoms with Crippen LogP contribution in [0.3, 0.4) is 0 Å². The molecule has 3 aromatic heterocycles. The van der Waals surface area contributed by atoms with Gasteiger partial charge in [-0.1, -0.05) is 76.4 Å². The Labute approximate surface area is 320 Å². The summed E-state index contributed by atoms with van der Waals surface area (Å²) in [6, 6.07) is 20.3. The highest BCUT2D eigenvalue weighted by molar-refractivity contribution is 5.62. The van der Waals surface area contributed by atoms with E-state index in [-0.39, 0.29) is 16.7 Å². The molecule has 3 nitrogen and oxygen atoms in total. The summed E-state index contributed by atoms with van der Waals surface area (Å²) in [5.74, 6) is -4.68. The molecule has 0 spiro atoms. The predicted molar refractivity (Wildman–Crippen MR) is 210 cm³/mol. The van der Waals surface area contributed by atoms with Crippen LogP contribution in [-0.2, 0) is 19.3 Å². The SMILES string of the molecule is CCCCCc1ccc(-c2ccc(C)cn2)c(F)c1F.CCCc1ccc(-c2ccc(C)cn2)c(F)c1F.CCc1ccc(-c2ccc(C)cn2)c(F)c1F. The number of unbranched alkanes of at least 4 members (excludes halogenated alkanes) is 2. The number of benzene rings is 3. The van der Waals surface area contributed by atoms with Gasteiger partial charge in [0.1, 0.15) is 0 Å². The summed E-state index contributed by atoms with van der Waals surface area (Å²) in [5, 5.41) is 0. The third-order valence-corrected chi connectivity index (χ3v) is 9.00. The van der Waals surface area contributed by atoms with E-state index in [2.05, 4.69) is 21.9 Å². The Morgan fingerprint density at radius 3 is 1.07 bits per heavy atom. The first-order valence-corrected chi connectivity index (χ1v) is 18.6. The average Bonchev–Trinajstić information content (AvgIpc) is 3.18. The minimum absolute atomic E-state index is 0.208. The zero-order valence-electron chi connectivity index (χ0n) is 32.2. The van der Waals surface area contributed by atoms with Gasteiger partial charge in [0.05, 0.1) is 17.1 Å². The van der Waals surface area contributed by atoms with Crippen LogP contribution in [0.1, 0.15) is 79.8 Å². The Kier molecular flexibility index (Phi) is 15.7. The molecule has 0 N–H and O–H groups in total. The van der Waals surface area contributed by atoms with E-state index >= 15 is 0 Å². The van der Waals surface area contributed by atoms with Gasteiger partial charge in [-0.3, -0.25) is 15.0 Å². The fourth-order valence-corrected chi connectivity index (χ4v) is 5.74. The maximum absolute atomic E-state index is 14.1. The number of rotatable bonds is 10. The van der Waals surface area contributed by atoms with Gasteiger partial charge in [-0.05, 0) is 116 Å². The lowest BCUT2D eigenvalue weighted by Crippen LogP contribution is -1.98. The zero-order valence-corrected chi connectivity index (χ0v) is 32.2. The second kappa shape index (κ2) is 20.4. The third kappa shape index (κ3) is 11.1. The highest BCUT2D eigenvalue weighted by Gasteiger charge is 2.17. The van der Waals surface area contributed by atoms with Crippen LogP contribution in [-0.4, -0.2) is 15.0 Å². The largest absolute Gasteiger partial charge is 0.256 e. The summed E-state index contributed by atoms with van der Waals surface area (Å²) in [6.07, 6.45) is 10.3. The first-order valence-electron chi connectivity index (χ1n) is 18.6. The van der Waals surface area contributed by atoms with Crippen molar-refractivity contribution < 1.29 is 26.3 Å². The highest BCUT2D eigenvalue weighted by Crippen LogP contribution is 2.28. The van der Waals surface area contributed by atoms with Gasteiger partial charge < -0.3 is 0 Å².